The summed E-state index contributed by atoms with van der Waals surface area (Å²) in [6, 6.07) is 7.02. The van der Waals surface area contributed by atoms with Gasteiger partial charge in [-0.15, -0.1) is 0 Å². The molecule has 24 heavy (non-hydrogen) atoms. The minimum absolute atomic E-state index is 0.0342. The summed E-state index contributed by atoms with van der Waals surface area (Å²) in [6.45, 7) is 3.74. The van der Waals surface area contributed by atoms with E-state index >= 15 is 0 Å². The van der Waals surface area contributed by atoms with Gasteiger partial charge in [0, 0.05) is 25.0 Å². The first-order chi connectivity index (χ1) is 11.3. The van der Waals surface area contributed by atoms with E-state index in [0.717, 1.165) is 6.07 Å². The number of hydrogen-bond donors (Lipinski definition) is 2. The predicted octanol–water partition coefficient (Wildman–Crippen LogP) is 2.31. The molecule has 2 aromatic rings. The van der Waals surface area contributed by atoms with Crippen molar-refractivity contribution in [1.82, 2.24) is 9.29 Å². The Morgan fingerprint density at radius 3 is 2.71 bits per heavy atom. The van der Waals surface area contributed by atoms with Crippen LogP contribution in [-0.2, 0) is 18.0 Å². The highest BCUT2D eigenvalue weighted by molar-refractivity contribution is 7.83. The van der Waals surface area contributed by atoms with Crippen LogP contribution in [-0.4, -0.2) is 20.7 Å². The van der Waals surface area contributed by atoms with Crippen molar-refractivity contribution in [1.29, 1.82) is 5.26 Å². The lowest BCUT2D eigenvalue weighted by molar-refractivity contribution is 0.101. The van der Waals surface area contributed by atoms with Crippen molar-refractivity contribution in [2.24, 2.45) is 7.05 Å². The maximum absolute atomic E-state index is 13.3. The van der Waals surface area contributed by atoms with Gasteiger partial charge in [-0.3, -0.25) is 4.79 Å². The highest BCUT2D eigenvalue weighted by Gasteiger charge is 2.16. The van der Waals surface area contributed by atoms with Crippen molar-refractivity contribution in [3.63, 3.8) is 0 Å². The number of rotatable bonds is 5. The van der Waals surface area contributed by atoms with Crippen molar-refractivity contribution in [2.45, 2.75) is 24.8 Å². The zero-order valence-electron chi connectivity index (χ0n) is 13.5. The molecule has 1 heterocycles. The van der Waals surface area contributed by atoms with Crippen molar-refractivity contribution in [3.8, 4) is 6.07 Å². The summed E-state index contributed by atoms with van der Waals surface area (Å²) in [5.74, 6) is -1.09. The van der Waals surface area contributed by atoms with Gasteiger partial charge in [0.15, 0.2) is 0 Å². The Morgan fingerprint density at radius 2 is 2.08 bits per heavy atom. The molecule has 0 fully saturated rings. The molecule has 6 nitrogen and oxygen atoms in total. The van der Waals surface area contributed by atoms with Crippen molar-refractivity contribution < 1.29 is 13.4 Å². The lowest BCUT2D eigenvalue weighted by Crippen LogP contribution is -2.24. The van der Waals surface area contributed by atoms with E-state index in [9.17, 15) is 13.4 Å². The topological polar surface area (TPSA) is 86.9 Å². The van der Waals surface area contributed by atoms with E-state index in [0.29, 0.717) is 16.3 Å². The van der Waals surface area contributed by atoms with Crippen LogP contribution in [0.2, 0.25) is 0 Å². The second-order valence-corrected chi connectivity index (χ2v) is 6.72. The second kappa shape index (κ2) is 7.38. The number of hydrogen-bond acceptors (Lipinski definition) is 3. The van der Waals surface area contributed by atoms with Gasteiger partial charge in [0.1, 0.15) is 28.6 Å². The standard InChI is InChI=1S/C16H17FN4O2S/c1-10(2)20-24(23)13-7-15(21(3)9-13)16(22)19-12-4-5-14(17)11(6-12)8-18/h4-7,9-10,20H,1-3H3,(H,19,22). The lowest BCUT2D eigenvalue weighted by Gasteiger charge is -2.06. The minimum Gasteiger partial charge on any atom is -0.345 e. The number of nitriles is 1. The largest absolute Gasteiger partial charge is 0.345 e. The zero-order chi connectivity index (χ0) is 17.9. The molecule has 126 valence electrons. The van der Waals surface area contributed by atoms with Crippen molar-refractivity contribution in [3.05, 3.63) is 47.5 Å². The highest BCUT2D eigenvalue weighted by Crippen LogP contribution is 2.17. The van der Waals surface area contributed by atoms with Crippen LogP contribution in [0, 0.1) is 17.1 Å². The molecule has 0 radical (unpaired) electrons. The number of amides is 1. The molecule has 2 rings (SSSR count). The number of carbonyl (C=O) groups is 1. The van der Waals surface area contributed by atoms with Gasteiger partial charge in [-0.1, -0.05) is 0 Å². The fraction of sp³-hybridized carbons (Fsp3) is 0.250. The molecular weight excluding hydrogens is 331 g/mol. The second-order valence-electron chi connectivity index (χ2n) is 5.47. The SMILES string of the molecule is CC(C)NS(=O)c1cc(C(=O)Nc2ccc(F)c(C#N)c2)n(C)c1. The van der Waals surface area contributed by atoms with Gasteiger partial charge in [-0.2, -0.15) is 5.26 Å². The van der Waals surface area contributed by atoms with Crippen LogP contribution in [0.5, 0.6) is 0 Å². The summed E-state index contributed by atoms with van der Waals surface area (Å²) < 4.78 is 29.8. The molecule has 0 spiro atoms. The number of benzene rings is 1. The molecular formula is C16H17FN4O2S. The van der Waals surface area contributed by atoms with Gasteiger partial charge in [0.2, 0.25) is 0 Å². The van der Waals surface area contributed by atoms with E-state index in [2.05, 4.69) is 10.0 Å². The van der Waals surface area contributed by atoms with Gasteiger partial charge < -0.3 is 9.88 Å². The van der Waals surface area contributed by atoms with Crippen LogP contribution in [0.1, 0.15) is 29.9 Å². The fourth-order valence-electron chi connectivity index (χ4n) is 2.03. The average molecular weight is 348 g/mol. The van der Waals surface area contributed by atoms with Crippen molar-refractivity contribution >= 4 is 22.6 Å². The number of aromatic nitrogens is 1. The smallest absolute Gasteiger partial charge is 0.272 e. The predicted molar refractivity (Wildman–Crippen MR) is 89.2 cm³/mol. The van der Waals surface area contributed by atoms with Gasteiger partial charge in [-0.05, 0) is 38.1 Å². The van der Waals surface area contributed by atoms with Crippen LogP contribution in [0.15, 0.2) is 35.4 Å². The number of nitrogens with zero attached hydrogens (tertiary/aromatic N) is 2. The molecule has 1 aromatic heterocycles. The average Bonchev–Trinajstić information content (AvgIpc) is 2.90. The molecule has 1 unspecified atom stereocenters. The molecule has 0 saturated carbocycles. The van der Waals surface area contributed by atoms with Crippen LogP contribution in [0.4, 0.5) is 10.1 Å². The Morgan fingerprint density at radius 1 is 1.38 bits per heavy atom. The molecule has 0 saturated heterocycles. The van der Waals surface area contributed by atoms with Gasteiger partial charge in [-0.25, -0.2) is 13.3 Å². The first kappa shape index (κ1) is 17.8. The normalized spacial score (nSPS) is 12.0. The summed E-state index contributed by atoms with van der Waals surface area (Å²) >= 11 is 0. The van der Waals surface area contributed by atoms with E-state index in [-0.39, 0.29) is 11.6 Å². The minimum atomic E-state index is -1.42. The number of aryl methyl sites for hydroxylation is 1. The number of halogens is 1. The van der Waals surface area contributed by atoms with E-state index in [1.807, 2.05) is 13.8 Å². The van der Waals surface area contributed by atoms with Crippen LogP contribution < -0.4 is 10.0 Å². The summed E-state index contributed by atoms with van der Waals surface area (Å²) in [6.07, 6.45) is 1.60. The molecule has 0 aliphatic rings. The third-order valence-electron chi connectivity index (χ3n) is 3.11. The zero-order valence-corrected chi connectivity index (χ0v) is 14.3. The molecule has 1 amide bonds. The molecule has 0 aliphatic carbocycles. The molecule has 8 heteroatoms. The van der Waals surface area contributed by atoms with Crippen LogP contribution >= 0.6 is 0 Å². The molecule has 0 bridgehead atoms. The highest BCUT2D eigenvalue weighted by atomic mass is 32.2. The Bertz CT molecular complexity index is 839. The number of anilines is 1. The Balaban J connectivity index is 2.20. The van der Waals surface area contributed by atoms with Gasteiger partial charge >= 0.3 is 0 Å². The quantitative estimate of drug-likeness (QED) is 0.869. The van der Waals surface area contributed by atoms with E-state index in [4.69, 9.17) is 5.26 Å². The van der Waals surface area contributed by atoms with Crippen LogP contribution in [0.3, 0.4) is 0 Å². The lowest BCUT2D eigenvalue weighted by atomic mass is 10.2. The van der Waals surface area contributed by atoms with Gasteiger partial charge in [0.05, 0.1) is 10.5 Å². The third-order valence-corrected chi connectivity index (χ3v) is 4.45. The molecule has 2 N–H and O–H groups in total. The van der Waals surface area contributed by atoms with Gasteiger partial charge in [0.25, 0.3) is 5.91 Å². The molecule has 0 aliphatic heterocycles. The fourth-order valence-corrected chi connectivity index (χ4v) is 3.06. The maximum atomic E-state index is 13.3. The third kappa shape index (κ3) is 4.07. The van der Waals surface area contributed by atoms with Crippen molar-refractivity contribution in [2.75, 3.05) is 5.32 Å². The Hall–Kier alpha value is -2.50. The number of carbonyl (C=O) groups excluding carboxylic acids is 1. The summed E-state index contributed by atoms with van der Waals surface area (Å²) in [5, 5.41) is 11.4. The monoisotopic (exact) mass is 348 g/mol. The molecule has 1 aromatic carbocycles. The maximum Gasteiger partial charge on any atom is 0.272 e. The summed E-state index contributed by atoms with van der Waals surface area (Å²) in [7, 11) is 0.245. The Labute approximate surface area is 141 Å². The van der Waals surface area contributed by atoms with E-state index < -0.39 is 22.7 Å². The number of nitrogens with one attached hydrogen (secondary N) is 2. The van der Waals surface area contributed by atoms with E-state index in [1.54, 1.807) is 23.9 Å². The van der Waals surface area contributed by atoms with E-state index in [1.165, 1.54) is 18.2 Å². The first-order valence-corrected chi connectivity index (χ1v) is 8.32. The Kier molecular flexibility index (Phi) is 5.49. The van der Waals surface area contributed by atoms with Crippen LogP contribution in [0.25, 0.3) is 0 Å². The summed E-state index contributed by atoms with van der Waals surface area (Å²) in [5.41, 5.74) is 0.455. The summed E-state index contributed by atoms with van der Waals surface area (Å²) in [4.78, 5) is 12.8. The first-order valence-electron chi connectivity index (χ1n) is 7.17. The molecule has 1 atom stereocenters.